The number of fused-ring (bicyclic) bond motifs is 2. The van der Waals surface area contributed by atoms with E-state index in [2.05, 4.69) is 149 Å². The highest BCUT2D eigenvalue weighted by molar-refractivity contribution is 5.90. The largest absolute Gasteiger partial charge is 0.367 e. The molecule has 1 N–H and O–H groups in total. The van der Waals surface area contributed by atoms with E-state index in [1.165, 1.54) is 24.0 Å². The number of rotatable bonds is 10. The van der Waals surface area contributed by atoms with E-state index in [1.807, 2.05) is 6.07 Å². The maximum Gasteiger partial charge on any atom is 0.140 e. The highest BCUT2D eigenvalue weighted by Crippen LogP contribution is 2.28. The van der Waals surface area contributed by atoms with Crippen molar-refractivity contribution in [2.24, 2.45) is 0 Å². The van der Waals surface area contributed by atoms with Crippen molar-refractivity contribution in [3.05, 3.63) is 132 Å². The monoisotopic (exact) mass is 706 g/mol. The summed E-state index contributed by atoms with van der Waals surface area (Å²) in [4.78, 5) is 26.5. The van der Waals surface area contributed by atoms with Gasteiger partial charge in [-0.25, -0.2) is 19.9 Å². The van der Waals surface area contributed by atoms with Crippen LogP contribution in [0.15, 0.2) is 109 Å². The lowest BCUT2D eigenvalue weighted by Gasteiger charge is -2.37. The third-order valence-electron chi connectivity index (χ3n) is 10.8. The lowest BCUT2D eigenvalue weighted by Crippen LogP contribution is -2.43. The van der Waals surface area contributed by atoms with E-state index in [0.29, 0.717) is 12.1 Å². The second kappa shape index (κ2) is 17.7. The average molecular weight is 707 g/mol. The smallest absolute Gasteiger partial charge is 0.140 e. The zero-order valence-corrected chi connectivity index (χ0v) is 31.7. The Kier molecular flexibility index (Phi) is 12.2. The molecule has 4 heterocycles. The summed E-state index contributed by atoms with van der Waals surface area (Å²) in [5.41, 5.74) is 4.88. The molecule has 8 heteroatoms. The highest BCUT2D eigenvalue weighted by Gasteiger charge is 2.25. The molecule has 0 amide bonds. The number of piperidine rings is 2. The molecule has 6 aromatic rings. The molecule has 2 aliphatic rings. The Morgan fingerprint density at radius 1 is 0.566 bits per heavy atom. The minimum Gasteiger partial charge on any atom is -0.367 e. The summed E-state index contributed by atoms with van der Waals surface area (Å²) in [6, 6.07) is 39.2. The Bertz CT molecular complexity index is 2040. The van der Waals surface area contributed by atoms with Crippen molar-refractivity contribution >= 4 is 33.4 Å². The van der Waals surface area contributed by atoms with Crippen LogP contribution < -0.4 is 10.2 Å². The van der Waals surface area contributed by atoms with E-state index in [9.17, 15) is 0 Å². The number of hydrogen-bond acceptors (Lipinski definition) is 8. The van der Waals surface area contributed by atoms with E-state index in [-0.39, 0.29) is 0 Å². The number of likely N-dealkylation sites (tertiary alicyclic amines) is 2. The maximum atomic E-state index is 4.88. The molecule has 2 saturated heterocycles. The normalized spacial score (nSPS) is 16.0. The summed E-state index contributed by atoms with van der Waals surface area (Å²) in [5.74, 6) is 3.91. The number of aryl methyl sites for hydroxylation is 2. The Morgan fingerprint density at radius 3 is 1.60 bits per heavy atom. The van der Waals surface area contributed by atoms with Crippen LogP contribution in [0.3, 0.4) is 0 Å². The van der Waals surface area contributed by atoms with Gasteiger partial charge in [0.25, 0.3) is 0 Å². The highest BCUT2D eigenvalue weighted by atomic mass is 15.2. The molecule has 0 spiro atoms. The van der Waals surface area contributed by atoms with Gasteiger partial charge >= 0.3 is 0 Å². The predicted octanol–water partition coefficient (Wildman–Crippen LogP) is 8.56. The summed E-state index contributed by atoms with van der Waals surface area (Å²) in [7, 11) is 2.20. The maximum absolute atomic E-state index is 4.88. The van der Waals surface area contributed by atoms with Crippen LogP contribution in [0, 0.1) is 0 Å². The van der Waals surface area contributed by atoms with E-state index >= 15 is 0 Å². The van der Waals surface area contributed by atoms with E-state index < -0.39 is 0 Å². The van der Waals surface area contributed by atoms with Gasteiger partial charge in [0.05, 0.1) is 11.0 Å². The van der Waals surface area contributed by atoms with E-state index in [1.54, 1.807) is 0 Å². The van der Waals surface area contributed by atoms with Crippen LogP contribution in [0.25, 0.3) is 21.8 Å². The third kappa shape index (κ3) is 9.36. The SMILES string of the molecule is CCc1nc(N(C)C2CCN(Cc3ccccc3)CC2)c2ccccc2n1.CCc1nc(NC2CCN(Cc3ccccc3)CC2)c2ccccc2n1. The lowest BCUT2D eigenvalue weighted by molar-refractivity contribution is 0.203. The number of nitrogens with one attached hydrogen (secondary N) is 1. The second-order valence-corrected chi connectivity index (χ2v) is 14.5. The minimum atomic E-state index is 0.477. The van der Waals surface area contributed by atoms with Crippen molar-refractivity contribution in [2.75, 3.05) is 43.4 Å². The standard InChI is InChI=1S/C23H28N4.C22H26N4/c1-3-22-24-21-12-8-7-11-20(21)23(25-22)26(2)19-13-15-27(16-14-19)17-18-9-5-4-6-10-18;1-2-21-24-20-11-7-6-10-19(20)22(25-21)23-18-12-14-26(15-13-18)16-17-8-4-3-5-9-17/h4-12,19H,3,13-17H2,1-2H3;3-11,18H,2,12-16H2,1H3,(H,23,24,25). The zero-order chi connectivity index (χ0) is 36.4. The van der Waals surface area contributed by atoms with Gasteiger partial charge in [-0.2, -0.15) is 0 Å². The summed E-state index contributed by atoms with van der Waals surface area (Å²) < 4.78 is 0. The quantitative estimate of drug-likeness (QED) is 0.152. The molecule has 0 radical (unpaired) electrons. The fourth-order valence-electron chi connectivity index (χ4n) is 7.68. The van der Waals surface area contributed by atoms with Gasteiger partial charge in [0, 0.05) is 82.0 Å². The lowest BCUT2D eigenvalue weighted by atomic mass is 10.0. The summed E-state index contributed by atoms with van der Waals surface area (Å²) in [6.45, 7) is 10.8. The van der Waals surface area contributed by atoms with Crippen molar-refractivity contribution in [1.29, 1.82) is 0 Å². The first-order valence-electron chi connectivity index (χ1n) is 19.6. The molecule has 2 fully saturated rings. The number of anilines is 2. The van der Waals surface area contributed by atoms with E-state index in [0.717, 1.165) is 110 Å². The molecule has 0 unspecified atom stereocenters. The van der Waals surface area contributed by atoms with Crippen LogP contribution in [0.4, 0.5) is 11.6 Å². The molecule has 0 bridgehead atoms. The van der Waals surface area contributed by atoms with Gasteiger partial charge in [0.1, 0.15) is 23.3 Å². The van der Waals surface area contributed by atoms with Crippen molar-refractivity contribution in [3.63, 3.8) is 0 Å². The second-order valence-electron chi connectivity index (χ2n) is 14.5. The predicted molar refractivity (Wildman–Crippen MR) is 219 cm³/mol. The first-order valence-corrected chi connectivity index (χ1v) is 19.6. The molecular weight excluding hydrogens is 653 g/mol. The molecule has 8 nitrogen and oxygen atoms in total. The van der Waals surface area contributed by atoms with Crippen LogP contribution in [-0.4, -0.2) is 75.0 Å². The van der Waals surface area contributed by atoms with E-state index in [4.69, 9.17) is 15.0 Å². The summed E-state index contributed by atoms with van der Waals surface area (Å²) in [6.07, 6.45) is 6.35. The van der Waals surface area contributed by atoms with Crippen molar-refractivity contribution in [1.82, 2.24) is 29.7 Å². The number of benzene rings is 4. The first kappa shape index (κ1) is 36.4. The topological polar surface area (TPSA) is 73.3 Å². The average Bonchev–Trinajstić information content (AvgIpc) is 3.22. The molecule has 4 aromatic carbocycles. The van der Waals surface area contributed by atoms with Gasteiger partial charge in [0.15, 0.2) is 0 Å². The van der Waals surface area contributed by atoms with Crippen LogP contribution in [-0.2, 0) is 25.9 Å². The van der Waals surface area contributed by atoms with Crippen LogP contribution >= 0.6 is 0 Å². The minimum absolute atomic E-state index is 0.477. The third-order valence-corrected chi connectivity index (χ3v) is 10.8. The van der Waals surface area contributed by atoms with Crippen molar-refractivity contribution in [2.45, 2.75) is 77.5 Å². The van der Waals surface area contributed by atoms with Gasteiger partial charge in [0.2, 0.25) is 0 Å². The first-order chi connectivity index (χ1) is 26.1. The molecule has 2 aliphatic heterocycles. The van der Waals surface area contributed by atoms with Gasteiger partial charge < -0.3 is 10.2 Å². The number of para-hydroxylation sites is 2. The fraction of sp³-hybridized carbons (Fsp3) is 0.378. The molecule has 0 aliphatic carbocycles. The number of hydrogen-bond donors (Lipinski definition) is 1. The molecule has 8 rings (SSSR count). The molecule has 0 saturated carbocycles. The van der Waals surface area contributed by atoms with Crippen LogP contribution in [0.2, 0.25) is 0 Å². The van der Waals surface area contributed by atoms with Crippen LogP contribution in [0.5, 0.6) is 0 Å². The van der Waals surface area contributed by atoms with Crippen molar-refractivity contribution in [3.8, 4) is 0 Å². The number of aromatic nitrogens is 4. The number of nitrogens with zero attached hydrogens (tertiary/aromatic N) is 7. The molecule has 0 atom stereocenters. The summed E-state index contributed by atoms with van der Waals surface area (Å²) >= 11 is 0. The molecular formula is C45H54N8. The molecule has 53 heavy (non-hydrogen) atoms. The van der Waals surface area contributed by atoms with Gasteiger partial charge in [-0.05, 0) is 61.1 Å². The van der Waals surface area contributed by atoms with Gasteiger partial charge in [-0.15, -0.1) is 0 Å². The Morgan fingerprint density at radius 2 is 1.04 bits per heavy atom. The zero-order valence-electron chi connectivity index (χ0n) is 31.7. The molecule has 274 valence electrons. The molecule has 2 aromatic heterocycles. The Labute approximate surface area is 315 Å². The Balaban J connectivity index is 0.000000164. The summed E-state index contributed by atoms with van der Waals surface area (Å²) in [5, 5.41) is 5.98. The van der Waals surface area contributed by atoms with Gasteiger partial charge in [-0.3, -0.25) is 9.80 Å². The van der Waals surface area contributed by atoms with Gasteiger partial charge in [-0.1, -0.05) is 98.8 Å². The van der Waals surface area contributed by atoms with Crippen LogP contribution in [0.1, 0.15) is 62.3 Å². The Hall–Kier alpha value is -4.92. The van der Waals surface area contributed by atoms with Crippen molar-refractivity contribution < 1.29 is 0 Å². The fourth-order valence-corrected chi connectivity index (χ4v) is 7.68.